The van der Waals surface area contributed by atoms with Gasteiger partial charge >= 0.3 is 11.9 Å². The molecule has 0 heterocycles. The molecule has 0 spiro atoms. The van der Waals surface area contributed by atoms with Gasteiger partial charge in [-0.15, -0.1) is 0 Å². The van der Waals surface area contributed by atoms with Crippen molar-refractivity contribution in [3.8, 4) is 0 Å². The van der Waals surface area contributed by atoms with Crippen molar-refractivity contribution in [3.05, 3.63) is 0 Å². The summed E-state index contributed by atoms with van der Waals surface area (Å²) in [7, 11) is 0. The van der Waals surface area contributed by atoms with Crippen molar-refractivity contribution in [1.82, 2.24) is 16.0 Å². The van der Waals surface area contributed by atoms with Crippen LogP contribution < -0.4 is 44.6 Å². The molecule has 36 heavy (non-hydrogen) atoms. The zero-order chi connectivity index (χ0) is 27.7. The first kappa shape index (κ1) is 31.8. The smallest absolute Gasteiger partial charge is 0.326 e. The molecular weight excluding hydrogens is 480 g/mol. The van der Waals surface area contributed by atoms with Crippen LogP contribution in [0.3, 0.4) is 0 Å². The van der Waals surface area contributed by atoms with E-state index in [-0.39, 0.29) is 50.7 Å². The minimum Gasteiger partial charge on any atom is -0.481 e. The second-order valence-electron chi connectivity index (χ2n) is 7.67. The lowest BCUT2D eigenvalue weighted by atomic mass is 10.1. The topological polar surface area (TPSA) is 317 Å². The third-order valence-electron chi connectivity index (χ3n) is 4.59. The molecule has 0 aliphatic rings. The zero-order valence-electron chi connectivity index (χ0n) is 19.8. The minimum absolute atomic E-state index is 0.0319. The number of amides is 3. The fraction of sp³-hybridized carbons (Fsp3) is 0.632. The highest BCUT2D eigenvalue weighted by Crippen LogP contribution is 2.02. The summed E-state index contributed by atoms with van der Waals surface area (Å²) in [6.45, 7) is -0.201. The number of hydrogen-bond donors (Lipinski definition) is 10. The lowest BCUT2D eigenvalue weighted by molar-refractivity contribution is -0.142. The number of rotatable bonds is 18. The Kier molecular flexibility index (Phi) is 15.3. The average molecular weight is 517 g/mol. The van der Waals surface area contributed by atoms with Crippen LogP contribution in [-0.4, -0.2) is 89.6 Å². The Balaban J connectivity index is 4.87. The first-order valence-corrected chi connectivity index (χ1v) is 11.0. The van der Waals surface area contributed by atoms with Crippen LogP contribution in [0.25, 0.3) is 0 Å². The maximum Gasteiger partial charge on any atom is 0.326 e. The quantitative estimate of drug-likeness (QED) is 0.0467. The van der Waals surface area contributed by atoms with Gasteiger partial charge in [0.05, 0.1) is 12.6 Å². The molecule has 3 amide bonds. The molecule has 0 aromatic carbocycles. The van der Waals surface area contributed by atoms with E-state index in [2.05, 4.69) is 25.9 Å². The number of nitrogens with zero attached hydrogens (tertiary/aromatic N) is 2. The maximum atomic E-state index is 12.5. The van der Waals surface area contributed by atoms with Crippen LogP contribution in [0.4, 0.5) is 0 Å². The van der Waals surface area contributed by atoms with E-state index in [0.717, 1.165) is 0 Å². The first-order chi connectivity index (χ1) is 16.8. The molecule has 204 valence electrons. The second kappa shape index (κ2) is 17.3. The van der Waals surface area contributed by atoms with Gasteiger partial charge in [-0.25, -0.2) is 4.79 Å². The van der Waals surface area contributed by atoms with Gasteiger partial charge in [0.15, 0.2) is 11.9 Å². The molecule has 17 heteroatoms. The van der Waals surface area contributed by atoms with Crippen molar-refractivity contribution >= 4 is 41.6 Å². The van der Waals surface area contributed by atoms with E-state index < -0.39 is 60.8 Å². The number of carboxylic acid groups (broad SMARTS) is 2. The number of nitrogens with one attached hydrogen (secondary N) is 3. The van der Waals surface area contributed by atoms with Crippen LogP contribution in [0, 0.1) is 0 Å². The Morgan fingerprint density at radius 2 is 1.31 bits per heavy atom. The minimum atomic E-state index is -1.29. The van der Waals surface area contributed by atoms with E-state index in [1.165, 1.54) is 0 Å². The predicted molar refractivity (Wildman–Crippen MR) is 129 cm³/mol. The summed E-state index contributed by atoms with van der Waals surface area (Å²) in [5.74, 6) is -5.11. The fourth-order valence-corrected chi connectivity index (χ4v) is 2.76. The zero-order valence-corrected chi connectivity index (χ0v) is 19.8. The Hall–Kier alpha value is -4.15. The number of carboxylic acids is 2. The number of carbonyl (C=O) groups is 5. The lowest BCUT2D eigenvalue weighted by Gasteiger charge is -2.20. The molecule has 15 N–H and O–H groups in total. The highest BCUT2D eigenvalue weighted by molar-refractivity contribution is 5.92. The van der Waals surface area contributed by atoms with Crippen LogP contribution >= 0.6 is 0 Å². The van der Waals surface area contributed by atoms with Crippen LogP contribution in [0.5, 0.6) is 0 Å². The number of aliphatic carboxylic acids is 2. The van der Waals surface area contributed by atoms with Gasteiger partial charge in [0, 0.05) is 19.5 Å². The first-order valence-electron chi connectivity index (χ1n) is 11.0. The summed E-state index contributed by atoms with van der Waals surface area (Å²) in [4.78, 5) is 66.7. The van der Waals surface area contributed by atoms with E-state index in [9.17, 15) is 29.1 Å². The third-order valence-corrected chi connectivity index (χ3v) is 4.59. The van der Waals surface area contributed by atoms with Crippen molar-refractivity contribution in [2.45, 2.75) is 56.7 Å². The molecular formula is C19H36N10O7. The Bertz CT molecular complexity index is 825. The van der Waals surface area contributed by atoms with Crippen molar-refractivity contribution < 1.29 is 34.2 Å². The van der Waals surface area contributed by atoms with Gasteiger partial charge in [-0.1, -0.05) is 0 Å². The van der Waals surface area contributed by atoms with Crippen LogP contribution in [-0.2, 0) is 24.0 Å². The van der Waals surface area contributed by atoms with Crippen molar-refractivity contribution in [2.24, 2.45) is 38.7 Å². The molecule has 0 saturated heterocycles. The number of nitrogens with two attached hydrogens (primary N) is 5. The van der Waals surface area contributed by atoms with Gasteiger partial charge in [-0.2, -0.15) is 0 Å². The van der Waals surface area contributed by atoms with Gasteiger partial charge in [0.1, 0.15) is 12.1 Å². The molecule has 0 radical (unpaired) electrons. The van der Waals surface area contributed by atoms with Gasteiger partial charge < -0.3 is 54.8 Å². The fourth-order valence-electron chi connectivity index (χ4n) is 2.76. The predicted octanol–water partition coefficient (Wildman–Crippen LogP) is -4.54. The number of hydrogen-bond acceptors (Lipinski definition) is 8. The molecule has 0 saturated carbocycles. The summed E-state index contributed by atoms with van der Waals surface area (Å²) < 4.78 is 0. The van der Waals surface area contributed by atoms with Gasteiger partial charge in [-0.05, 0) is 32.1 Å². The Morgan fingerprint density at radius 1 is 0.750 bits per heavy atom. The Labute approximate surface area is 207 Å². The van der Waals surface area contributed by atoms with Crippen molar-refractivity contribution in [2.75, 3.05) is 19.6 Å². The molecule has 0 rings (SSSR count). The second-order valence-corrected chi connectivity index (χ2v) is 7.67. The Morgan fingerprint density at radius 3 is 1.81 bits per heavy atom. The van der Waals surface area contributed by atoms with E-state index >= 15 is 0 Å². The van der Waals surface area contributed by atoms with E-state index in [0.29, 0.717) is 6.42 Å². The normalized spacial score (nSPS) is 12.8. The molecule has 0 bridgehead atoms. The SMILES string of the molecule is NC(N)=NCCCC(N)C(=O)NC(CCC(=O)O)C(=O)NCC(=O)NC(CCCN=C(N)N)C(=O)O. The van der Waals surface area contributed by atoms with Crippen molar-refractivity contribution in [1.29, 1.82) is 0 Å². The summed E-state index contributed by atoms with van der Waals surface area (Å²) in [5.41, 5.74) is 26.6. The van der Waals surface area contributed by atoms with E-state index in [1.54, 1.807) is 0 Å². The molecule has 3 atom stereocenters. The third kappa shape index (κ3) is 15.6. The molecule has 0 aromatic heterocycles. The van der Waals surface area contributed by atoms with Crippen LogP contribution in [0.2, 0.25) is 0 Å². The molecule has 0 fully saturated rings. The summed E-state index contributed by atoms with van der Waals surface area (Å²) >= 11 is 0. The highest BCUT2D eigenvalue weighted by Gasteiger charge is 2.25. The van der Waals surface area contributed by atoms with Gasteiger partial charge in [-0.3, -0.25) is 29.2 Å². The largest absolute Gasteiger partial charge is 0.481 e. The summed E-state index contributed by atoms with van der Waals surface area (Å²) in [6, 6.07) is -3.55. The van der Waals surface area contributed by atoms with Crippen LogP contribution in [0.15, 0.2) is 9.98 Å². The summed E-state index contributed by atoms with van der Waals surface area (Å²) in [6.07, 6.45) is 0.174. The van der Waals surface area contributed by atoms with Gasteiger partial charge in [0.25, 0.3) is 0 Å². The summed E-state index contributed by atoms with van der Waals surface area (Å²) in [5, 5.41) is 25.0. The molecule has 3 unspecified atom stereocenters. The highest BCUT2D eigenvalue weighted by atomic mass is 16.4. The van der Waals surface area contributed by atoms with E-state index in [4.69, 9.17) is 33.8 Å². The average Bonchev–Trinajstić information content (AvgIpc) is 2.78. The van der Waals surface area contributed by atoms with Crippen molar-refractivity contribution in [3.63, 3.8) is 0 Å². The number of guanidine groups is 2. The number of carbonyl (C=O) groups excluding carboxylic acids is 3. The number of aliphatic imine (C=N–C) groups is 2. The standard InChI is InChI=1S/C19H36N10O7/c20-10(3-1-7-25-18(21)22)15(33)29-11(5-6-14(31)32)16(34)27-9-13(30)28-12(17(35)36)4-2-8-26-19(23)24/h10-12H,1-9,20H2,(H,27,34)(H,28,30)(H,29,33)(H,31,32)(H,35,36)(H4,21,22,25)(H4,23,24,26). The lowest BCUT2D eigenvalue weighted by Crippen LogP contribution is -2.53. The molecule has 0 aromatic rings. The van der Waals surface area contributed by atoms with E-state index in [1.807, 2.05) is 0 Å². The van der Waals surface area contributed by atoms with Crippen LogP contribution in [0.1, 0.15) is 38.5 Å². The van der Waals surface area contributed by atoms with Gasteiger partial charge in [0.2, 0.25) is 17.7 Å². The molecule has 17 nitrogen and oxygen atoms in total. The molecule has 0 aliphatic carbocycles. The maximum absolute atomic E-state index is 12.5. The molecule has 0 aliphatic heterocycles. The monoisotopic (exact) mass is 516 g/mol.